The van der Waals surface area contributed by atoms with E-state index in [2.05, 4.69) is 26.8 Å². The lowest BCUT2D eigenvalue weighted by atomic mass is 10.0. The van der Waals surface area contributed by atoms with Gasteiger partial charge in [-0.25, -0.2) is 4.79 Å². The molecule has 2 aromatic rings. The highest BCUT2D eigenvalue weighted by molar-refractivity contribution is 5.91. The van der Waals surface area contributed by atoms with Crippen LogP contribution in [0.15, 0.2) is 48.5 Å². The highest BCUT2D eigenvalue weighted by Crippen LogP contribution is 2.23. The minimum absolute atomic E-state index is 0.0232. The molecule has 0 spiro atoms. The van der Waals surface area contributed by atoms with Gasteiger partial charge in [0.1, 0.15) is 5.75 Å². The van der Waals surface area contributed by atoms with Crippen LogP contribution in [0.25, 0.3) is 0 Å². The number of para-hydroxylation sites is 1. The van der Waals surface area contributed by atoms with Gasteiger partial charge in [-0.15, -0.1) is 0 Å². The normalized spacial score (nSPS) is 12.0. The van der Waals surface area contributed by atoms with E-state index in [0.717, 1.165) is 37.0 Å². The molecule has 0 radical (unpaired) electrons. The van der Waals surface area contributed by atoms with Crippen LogP contribution < -0.4 is 4.74 Å². The molecule has 3 nitrogen and oxygen atoms in total. The van der Waals surface area contributed by atoms with Crippen molar-refractivity contribution < 1.29 is 14.3 Å². The van der Waals surface area contributed by atoms with Crippen LogP contribution in [0.5, 0.6) is 5.75 Å². The molecule has 0 saturated carbocycles. The molecule has 3 heteroatoms. The maximum atomic E-state index is 12.9. The van der Waals surface area contributed by atoms with Gasteiger partial charge in [-0.1, -0.05) is 160 Å². The molecule has 0 amide bonds. The van der Waals surface area contributed by atoms with Crippen molar-refractivity contribution in [3.63, 3.8) is 0 Å². The first-order valence-electron chi connectivity index (χ1n) is 17.7. The van der Waals surface area contributed by atoms with E-state index in [0.29, 0.717) is 11.3 Å². The smallest absolute Gasteiger partial charge is 0.343 e. The maximum Gasteiger partial charge on any atom is 0.343 e. The predicted octanol–water partition coefficient (Wildman–Crippen LogP) is 12.4. The van der Waals surface area contributed by atoms with Crippen molar-refractivity contribution in [3.8, 4) is 5.75 Å². The Bertz CT molecular complexity index is 919. The standard InChI is InChI=1S/C39H62O3/c1-4-6-8-10-12-13-14-15-16-17-18-19-21-25-33-41-34(3)35-29-31-37(32-30-35)39(40)42-38-28-24-23-27-36(38)26-22-20-11-9-7-5-2/h23-24,27-32,34H,4-22,25-26,33H2,1-3H3. The molecule has 0 bridgehead atoms. The highest BCUT2D eigenvalue weighted by Gasteiger charge is 2.13. The van der Waals surface area contributed by atoms with Gasteiger partial charge in [0.05, 0.1) is 11.7 Å². The van der Waals surface area contributed by atoms with Gasteiger partial charge >= 0.3 is 5.97 Å². The fraction of sp³-hybridized carbons (Fsp3) is 0.667. The molecule has 0 aromatic heterocycles. The number of benzene rings is 2. The van der Waals surface area contributed by atoms with Crippen molar-refractivity contribution in [1.29, 1.82) is 0 Å². The van der Waals surface area contributed by atoms with Gasteiger partial charge in [0.15, 0.2) is 0 Å². The van der Waals surface area contributed by atoms with Crippen molar-refractivity contribution in [3.05, 3.63) is 65.2 Å². The zero-order valence-electron chi connectivity index (χ0n) is 27.5. The second-order valence-corrected chi connectivity index (χ2v) is 12.2. The molecule has 236 valence electrons. The quantitative estimate of drug-likeness (QED) is 0.0632. The molecule has 2 rings (SSSR count). The van der Waals surface area contributed by atoms with Crippen LogP contribution in [0.1, 0.15) is 177 Å². The zero-order valence-corrected chi connectivity index (χ0v) is 27.5. The molecule has 0 aliphatic heterocycles. The van der Waals surface area contributed by atoms with Crippen LogP contribution in [0.2, 0.25) is 0 Å². The minimum Gasteiger partial charge on any atom is -0.423 e. The number of esters is 1. The fourth-order valence-corrected chi connectivity index (χ4v) is 5.61. The summed E-state index contributed by atoms with van der Waals surface area (Å²) in [5.74, 6) is 0.387. The van der Waals surface area contributed by atoms with E-state index < -0.39 is 0 Å². The molecule has 0 heterocycles. The lowest BCUT2D eigenvalue weighted by molar-refractivity contribution is 0.0626. The Morgan fingerprint density at radius 3 is 1.62 bits per heavy atom. The van der Waals surface area contributed by atoms with E-state index in [4.69, 9.17) is 9.47 Å². The van der Waals surface area contributed by atoms with Crippen molar-refractivity contribution in [2.45, 2.75) is 162 Å². The summed E-state index contributed by atoms with van der Waals surface area (Å²) in [6.45, 7) is 7.41. The van der Waals surface area contributed by atoms with Crippen molar-refractivity contribution >= 4 is 5.97 Å². The van der Waals surface area contributed by atoms with Gasteiger partial charge in [0, 0.05) is 6.61 Å². The van der Waals surface area contributed by atoms with Gasteiger partial charge in [0.2, 0.25) is 0 Å². The number of hydrogen-bond donors (Lipinski definition) is 0. The molecule has 0 aliphatic carbocycles. The number of rotatable bonds is 26. The highest BCUT2D eigenvalue weighted by atomic mass is 16.5. The van der Waals surface area contributed by atoms with Crippen LogP contribution in [0, 0.1) is 0 Å². The third kappa shape index (κ3) is 16.5. The monoisotopic (exact) mass is 578 g/mol. The summed E-state index contributed by atoms with van der Waals surface area (Å²) in [5, 5.41) is 0. The van der Waals surface area contributed by atoms with Gasteiger partial charge in [-0.3, -0.25) is 0 Å². The van der Waals surface area contributed by atoms with Crippen LogP contribution >= 0.6 is 0 Å². The minimum atomic E-state index is -0.298. The summed E-state index contributed by atoms with van der Waals surface area (Å²) < 4.78 is 11.9. The average Bonchev–Trinajstić information content (AvgIpc) is 3.01. The largest absolute Gasteiger partial charge is 0.423 e. The Hall–Kier alpha value is -2.13. The zero-order chi connectivity index (χ0) is 30.1. The molecule has 42 heavy (non-hydrogen) atoms. The number of ether oxygens (including phenoxy) is 2. The summed E-state index contributed by atoms with van der Waals surface area (Å²) in [4.78, 5) is 12.9. The van der Waals surface area contributed by atoms with E-state index in [9.17, 15) is 4.79 Å². The van der Waals surface area contributed by atoms with Crippen molar-refractivity contribution in [1.82, 2.24) is 0 Å². The van der Waals surface area contributed by atoms with Gasteiger partial charge < -0.3 is 9.47 Å². The Morgan fingerprint density at radius 1 is 0.595 bits per heavy atom. The SMILES string of the molecule is CCCCCCCCCCCCCCCCOC(C)c1ccc(C(=O)Oc2ccccc2CCCCCCCC)cc1. The van der Waals surface area contributed by atoms with Crippen LogP contribution in [0.3, 0.4) is 0 Å². The molecule has 1 unspecified atom stereocenters. The molecular weight excluding hydrogens is 516 g/mol. The third-order valence-electron chi connectivity index (χ3n) is 8.46. The molecule has 0 aliphatic rings. The Balaban J connectivity index is 1.57. The molecule has 0 saturated heterocycles. The van der Waals surface area contributed by atoms with Crippen LogP contribution in [-0.2, 0) is 11.2 Å². The van der Waals surface area contributed by atoms with E-state index in [-0.39, 0.29) is 12.1 Å². The first kappa shape index (κ1) is 36.1. The maximum absolute atomic E-state index is 12.9. The molecule has 0 fully saturated rings. The first-order valence-corrected chi connectivity index (χ1v) is 17.7. The van der Waals surface area contributed by atoms with Crippen LogP contribution in [-0.4, -0.2) is 12.6 Å². The fourth-order valence-electron chi connectivity index (χ4n) is 5.61. The first-order chi connectivity index (χ1) is 20.7. The summed E-state index contributed by atoms with van der Waals surface area (Å²) in [6, 6.07) is 15.7. The van der Waals surface area contributed by atoms with Crippen molar-refractivity contribution in [2.24, 2.45) is 0 Å². The molecule has 2 aromatic carbocycles. The third-order valence-corrected chi connectivity index (χ3v) is 8.46. The number of carbonyl (C=O) groups excluding carboxylic acids is 1. The van der Waals surface area contributed by atoms with E-state index in [1.165, 1.54) is 116 Å². The van der Waals surface area contributed by atoms with E-state index in [1.807, 2.05) is 42.5 Å². The topological polar surface area (TPSA) is 35.5 Å². The number of aryl methyl sites for hydroxylation is 1. The average molecular weight is 579 g/mol. The van der Waals surface area contributed by atoms with Gasteiger partial charge in [-0.2, -0.15) is 0 Å². The lowest BCUT2D eigenvalue weighted by Gasteiger charge is -2.14. The summed E-state index contributed by atoms with van der Waals surface area (Å²) in [5.41, 5.74) is 2.79. The second-order valence-electron chi connectivity index (χ2n) is 12.2. The van der Waals surface area contributed by atoms with E-state index in [1.54, 1.807) is 0 Å². The van der Waals surface area contributed by atoms with Crippen LogP contribution in [0.4, 0.5) is 0 Å². The Morgan fingerprint density at radius 2 is 1.07 bits per heavy atom. The summed E-state index contributed by atoms with van der Waals surface area (Å²) in [7, 11) is 0. The Kier molecular flexibility index (Phi) is 20.9. The van der Waals surface area contributed by atoms with Gasteiger partial charge in [0.25, 0.3) is 0 Å². The number of carbonyl (C=O) groups is 1. The number of hydrogen-bond acceptors (Lipinski definition) is 3. The number of unbranched alkanes of at least 4 members (excludes halogenated alkanes) is 18. The summed E-state index contributed by atoms with van der Waals surface area (Å²) >= 11 is 0. The van der Waals surface area contributed by atoms with Gasteiger partial charge in [-0.05, 0) is 55.5 Å². The van der Waals surface area contributed by atoms with E-state index >= 15 is 0 Å². The van der Waals surface area contributed by atoms with Crippen molar-refractivity contribution in [2.75, 3.05) is 6.61 Å². The second kappa shape index (κ2) is 24.3. The predicted molar refractivity (Wildman–Crippen MR) is 180 cm³/mol. The molecule has 0 N–H and O–H groups in total. The lowest BCUT2D eigenvalue weighted by Crippen LogP contribution is -2.10. The Labute approximate surface area is 259 Å². The summed E-state index contributed by atoms with van der Waals surface area (Å²) in [6.07, 6.45) is 27.6. The molecule has 1 atom stereocenters. The molecular formula is C39H62O3.